The molecule has 0 atom stereocenters. The zero-order chi connectivity index (χ0) is 28.6. The van der Waals surface area contributed by atoms with E-state index in [0.717, 1.165) is 65.6 Å². The number of hydrazine groups is 2. The molecule has 3 N–H and O–H groups in total. The first-order chi connectivity index (χ1) is 19.1. The molecule has 0 unspecified atom stereocenters. The standard InChI is InChI=1S/C30H37N9O/c1-20-7-8-24(16-28(20)39-18-27(34-35-39)26-17-32-37(6)21(26)2)33-29(40)22-13-23(30(3,4)19-31)15-25(14-22)38-11-9-36(5)10-12-38/h7-8,13-18,34-35H,9-12H2,1-6H3,(H,33,40). The molecule has 208 valence electrons. The average Bonchev–Trinajstić information content (AvgIpc) is 3.56. The van der Waals surface area contributed by atoms with Crippen LogP contribution < -0.4 is 26.2 Å². The number of aromatic nitrogens is 2. The van der Waals surface area contributed by atoms with Gasteiger partial charge in [0.25, 0.3) is 5.91 Å². The maximum absolute atomic E-state index is 13.6. The van der Waals surface area contributed by atoms with Crippen molar-refractivity contribution in [2.75, 3.05) is 48.5 Å². The Morgan fingerprint density at radius 2 is 1.82 bits per heavy atom. The number of anilines is 3. The van der Waals surface area contributed by atoms with Crippen LogP contribution in [0.1, 0.15) is 46.6 Å². The van der Waals surface area contributed by atoms with E-state index in [2.05, 4.69) is 50.4 Å². The van der Waals surface area contributed by atoms with E-state index in [0.29, 0.717) is 11.3 Å². The van der Waals surface area contributed by atoms with E-state index in [1.165, 1.54) is 0 Å². The summed E-state index contributed by atoms with van der Waals surface area (Å²) in [5.41, 5.74) is 13.6. The van der Waals surface area contributed by atoms with Crippen molar-refractivity contribution >= 4 is 28.7 Å². The molecule has 10 nitrogen and oxygen atoms in total. The van der Waals surface area contributed by atoms with Crippen molar-refractivity contribution in [2.45, 2.75) is 33.1 Å². The highest BCUT2D eigenvalue weighted by Gasteiger charge is 2.25. The van der Waals surface area contributed by atoms with Crippen LogP contribution in [0.15, 0.2) is 48.8 Å². The van der Waals surface area contributed by atoms with Gasteiger partial charge in [-0.1, -0.05) is 6.07 Å². The van der Waals surface area contributed by atoms with Gasteiger partial charge in [-0.25, -0.2) is 0 Å². The van der Waals surface area contributed by atoms with Crippen LogP contribution in [0.3, 0.4) is 0 Å². The summed E-state index contributed by atoms with van der Waals surface area (Å²) in [7, 11) is 4.03. The van der Waals surface area contributed by atoms with Gasteiger partial charge in [0.1, 0.15) is 0 Å². The Bertz CT molecular complexity index is 1510. The maximum Gasteiger partial charge on any atom is 0.255 e. The minimum Gasteiger partial charge on any atom is -0.369 e. The molecule has 0 radical (unpaired) electrons. The van der Waals surface area contributed by atoms with E-state index in [9.17, 15) is 10.1 Å². The topological polar surface area (TPSA) is 104 Å². The molecule has 3 aromatic rings. The van der Waals surface area contributed by atoms with E-state index in [1.807, 2.05) is 87.2 Å². The van der Waals surface area contributed by atoms with Crippen LogP contribution in [0.25, 0.3) is 5.70 Å². The second kappa shape index (κ2) is 10.7. The summed E-state index contributed by atoms with van der Waals surface area (Å²) in [6.45, 7) is 11.5. The van der Waals surface area contributed by atoms with Crippen molar-refractivity contribution < 1.29 is 4.79 Å². The number of piperazine rings is 1. The molecule has 2 aliphatic rings. The van der Waals surface area contributed by atoms with Gasteiger partial charge in [0, 0.05) is 67.6 Å². The predicted molar refractivity (Wildman–Crippen MR) is 159 cm³/mol. The first kappa shape index (κ1) is 27.2. The molecule has 1 aromatic heterocycles. The third kappa shape index (κ3) is 5.39. The molecule has 0 spiro atoms. The number of hydrogen-bond acceptors (Lipinski definition) is 8. The maximum atomic E-state index is 13.6. The monoisotopic (exact) mass is 539 g/mol. The lowest BCUT2D eigenvalue weighted by Crippen LogP contribution is -2.44. The number of aryl methyl sites for hydroxylation is 2. The van der Waals surface area contributed by atoms with Crippen molar-refractivity contribution in [1.29, 1.82) is 5.26 Å². The first-order valence-electron chi connectivity index (χ1n) is 13.5. The molecular formula is C30H37N9O. The van der Waals surface area contributed by atoms with Crippen LogP contribution in [0, 0.1) is 25.2 Å². The van der Waals surface area contributed by atoms with Gasteiger partial charge < -0.3 is 20.5 Å². The van der Waals surface area contributed by atoms with E-state index in [-0.39, 0.29) is 5.91 Å². The van der Waals surface area contributed by atoms with E-state index in [4.69, 9.17) is 0 Å². The minimum absolute atomic E-state index is 0.213. The van der Waals surface area contributed by atoms with E-state index >= 15 is 0 Å². The van der Waals surface area contributed by atoms with Gasteiger partial charge in [0.2, 0.25) is 0 Å². The quantitative estimate of drug-likeness (QED) is 0.436. The summed E-state index contributed by atoms with van der Waals surface area (Å²) in [4.78, 5) is 18.2. The molecule has 3 heterocycles. The van der Waals surface area contributed by atoms with Crippen LogP contribution in [0.2, 0.25) is 0 Å². The smallest absolute Gasteiger partial charge is 0.255 e. The number of rotatable bonds is 6. The molecule has 10 heteroatoms. The number of benzene rings is 2. The van der Waals surface area contributed by atoms with Gasteiger partial charge in [0.05, 0.1) is 29.1 Å². The highest BCUT2D eigenvalue weighted by molar-refractivity contribution is 6.05. The lowest BCUT2D eigenvalue weighted by Gasteiger charge is -2.35. The van der Waals surface area contributed by atoms with Gasteiger partial charge in [-0.2, -0.15) is 10.4 Å². The molecule has 1 fully saturated rings. The fraction of sp³-hybridized carbons (Fsp3) is 0.367. The van der Waals surface area contributed by atoms with Crippen molar-refractivity contribution in [1.82, 2.24) is 25.6 Å². The average molecular weight is 540 g/mol. The van der Waals surface area contributed by atoms with Crippen LogP contribution in [0.5, 0.6) is 0 Å². The summed E-state index contributed by atoms with van der Waals surface area (Å²) in [5.74, 6) is -0.213. The summed E-state index contributed by atoms with van der Waals surface area (Å²) < 4.78 is 1.84. The summed E-state index contributed by atoms with van der Waals surface area (Å²) in [6.07, 6.45) is 3.81. The SMILES string of the molecule is Cc1ccc(NC(=O)c2cc(N3CCN(C)CC3)cc(C(C)(C)C#N)c2)cc1N1C=C(c2cnn(C)c2C)NN1. The van der Waals surface area contributed by atoms with Crippen molar-refractivity contribution in [2.24, 2.45) is 7.05 Å². The zero-order valence-corrected chi connectivity index (χ0v) is 24.0. The molecule has 5 rings (SSSR count). The number of carbonyl (C=O) groups excluding carboxylic acids is 1. The van der Waals surface area contributed by atoms with Gasteiger partial charge in [-0.3, -0.25) is 14.5 Å². The number of nitrogens with one attached hydrogen (secondary N) is 3. The van der Waals surface area contributed by atoms with Crippen molar-refractivity contribution in [3.63, 3.8) is 0 Å². The molecule has 2 aromatic carbocycles. The second-order valence-corrected chi connectivity index (χ2v) is 11.2. The van der Waals surface area contributed by atoms with Gasteiger partial charge in [-0.05, 0) is 76.2 Å². The Balaban J connectivity index is 1.41. The molecule has 2 aliphatic heterocycles. The van der Waals surface area contributed by atoms with E-state index in [1.54, 1.807) is 0 Å². The number of carbonyl (C=O) groups is 1. The second-order valence-electron chi connectivity index (χ2n) is 11.2. The highest BCUT2D eigenvalue weighted by atomic mass is 16.1. The van der Waals surface area contributed by atoms with Gasteiger partial charge >= 0.3 is 0 Å². The molecule has 0 aliphatic carbocycles. The Labute approximate surface area is 235 Å². The lowest BCUT2D eigenvalue weighted by molar-refractivity contribution is 0.102. The lowest BCUT2D eigenvalue weighted by atomic mass is 9.85. The van der Waals surface area contributed by atoms with Crippen LogP contribution in [-0.2, 0) is 12.5 Å². The normalized spacial score (nSPS) is 16.0. The Morgan fingerprint density at radius 3 is 2.50 bits per heavy atom. The number of hydrogen-bond donors (Lipinski definition) is 3. The Kier molecular flexibility index (Phi) is 7.27. The van der Waals surface area contributed by atoms with Crippen LogP contribution in [-0.4, -0.2) is 53.8 Å². The number of nitriles is 1. The first-order valence-corrected chi connectivity index (χ1v) is 13.5. The third-order valence-corrected chi connectivity index (χ3v) is 7.87. The molecule has 1 amide bonds. The molecule has 1 saturated heterocycles. The fourth-order valence-electron chi connectivity index (χ4n) is 4.91. The van der Waals surface area contributed by atoms with E-state index < -0.39 is 5.41 Å². The Hall–Kier alpha value is -4.33. The fourth-order valence-corrected chi connectivity index (χ4v) is 4.91. The third-order valence-electron chi connectivity index (χ3n) is 7.87. The molecule has 40 heavy (non-hydrogen) atoms. The van der Waals surface area contributed by atoms with Crippen molar-refractivity contribution in [3.05, 3.63) is 76.7 Å². The summed E-state index contributed by atoms with van der Waals surface area (Å²) >= 11 is 0. The largest absolute Gasteiger partial charge is 0.369 e. The molecule has 0 bridgehead atoms. The zero-order valence-electron chi connectivity index (χ0n) is 24.0. The van der Waals surface area contributed by atoms with Crippen molar-refractivity contribution in [3.8, 4) is 6.07 Å². The summed E-state index contributed by atoms with van der Waals surface area (Å²) in [6, 6.07) is 14.0. The highest BCUT2D eigenvalue weighted by Crippen LogP contribution is 2.31. The van der Waals surface area contributed by atoms with Gasteiger partial charge in [-0.15, -0.1) is 5.53 Å². The molecular weight excluding hydrogens is 502 g/mol. The summed E-state index contributed by atoms with van der Waals surface area (Å²) in [5, 5.41) is 19.1. The van der Waals surface area contributed by atoms with Gasteiger partial charge in [0.15, 0.2) is 0 Å². The number of amides is 1. The predicted octanol–water partition coefficient (Wildman–Crippen LogP) is 3.67. The number of likely N-dealkylation sites (N-methyl/N-ethyl adjacent to an activating group) is 1. The minimum atomic E-state index is -0.722. The Morgan fingerprint density at radius 1 is 1.07 bits per heavy atom. The number of nitrogens with zero attached hydrogens (tertiary/aromatic N) is 6. The molecule has 0 saturated carbocycles. The van der Waals surface area contributed by atoms with Crippen LogP contribution >= 0.6 is 0 Å². The van der Waals surface area contributed by atoms with Crippen LogP contribution in [0.4, 0.5) is 17.1 Å².